The van der Waals surface area contributed by atoms with Gasteiger partial charge in [-0.1, -0.05) is 40.0 Å². The molecule has 0 fully saturated rings. The molecule has 96 valence electrons. The second kappa shape index (κ2) is 5.89. The van der Waals surface area contributed by atoms with Gasteiger partial charge in [-0.2, -0.15) is 0 Å². The maximum Gasteiger partial charge on any atom is 0.0865 e. The van der Waals surface area contributed by atoms with E-state index >= 15 is 0 Å². The maximum atomic E-state index is 8.75. The van der Waals surface area contributed by atoms with Crippen LogP contribution in [-0.4, -0.2) is 26.7 Å². The Balaban J connectivity index is 2.31. The molecule has 1 N–H and O–H groups in total. The summed E-state index contributed by atoms with van der Waals surface area (Å²) >= 11 is 17.9. The Morgan fingerprint density at radius 3 is 2.56 bits per heavy atom. The summed E-state index contributed by atoms with van der Waals surface area (Å²) in [5.74, 6) is 0. The van der Waals surface area contributed by atoms with Crippen LogP contribution in [-0.2, 0) is 6.42 Å². The molecule has 4 nitrogen and oxygen atoms in total. The zero-order chi connectivity index (χ0) is 13.1. The van der Waals surface area contributed by atoms with Gasteiger partial charge in [0, 0.05) is 6.61 Å². The van der Waals surface area contributed by atoms with E-state index in [-0.39, 0.29) is 6.61 Å². The number of halogens is 3. The third kappa shape index (κ3) is 2.95. The molecule has 1 aromatic carbocycles. The van der Waals surface area contributed by atoms with Gasteiger partial charge in [0.25, 0.3) is 0 Å². The molecule has 0 aliphatic rings. The number of aryl methyl sites for hydroxylation is 1. The van der Waals surface area contributed by atoms with E-state index in [2.05, 4.69) is 10.3 Å². The lowest BCUT2D eigenvalue weighted by atomic mass is 10.2. The highest BCUT2D eigenvalue weighted by molar-refractivity contribution is 6.43. The Kier molecular flexibility index (Phi) is 4.45. The van der Waals surface area contributed by atoms with Crippen molar-refractivity contribution in [1.82, 2.24) is 15.0 Å². The first kappa shape index (κ1) is 13.6. The van der Waals surface area contributed by atoms with Crippen LogP contribution in [0.5, 0.6) is 0 Å². The summed E-state index contributed by atoms with van der Waals surface area (Å²) in [6, 6.07) is 3.20. The van der Waals surface area contributed by atoms with E-state index in [1.54, 1.807) is 18.3 Å². The molecule has 7 heteroatoms. The van der Waals surface area contributed by atoms with Crippen LogP contribution in [0.4, 0.5) is 0 Å². The van der Waals surface area contributed by atoms with Crippen LogP contribution >= 0.6 is 34.8 Å². The number of hydrogen-bond acceptors (Lipinski definition) is 3. The van der Waals surface area contributed by atoms with Gasteiger partial charge >= 0.3 is 0 Å². The van der Waals surface area contributed by atoms with Crippen molar-refractivity contribution >= 4 is 34.8 Å². The van der Waals surface area contributed by atoms with Crippen molar-refractivity contribution in [1.29, 1.82) is 0 Å². The highest BCUT2D eigenvalue weighted by atomic mass is 35.5. The molecule has 0 spiro atoms. The Bertz CT molecular complexity index is 556. The molecule has 0 unspecified atom stereocenters. The van der Waals surface area contributed by atoms with Crippen molar-refractivity contribution in [3.8, 4) is 5.69 Å². The van der Waals surface area contributed by atoms with Gasteiger partial charge in [-0.25, -0.2) is 4.68 Å². The van der Waals surface area contributed by atoms with Crippen molar-refractivity contribution < 1.29 is 5.11 Å². The molecule has 0 radical (unpaired) electrons. The Hall–Kier alpha value is -0.810. The first-order chi connectivity index (χ1) is 8.61. The topological polar surface area (TPSA) is 50.9 Å². The predicted molar refractivity (Wildman–Crippen MR) is 71.8 cm³/mol. The minimum Gasteiger partial charge on any atom is -0.396 e. The number of benzene rings is 1. The number of aliphatic hydroxyl groups is 1. The van der Waals surface area contributed by atoms with Gasteiger partial charge < -0.3 is 5.11 Å². The molecule has 1 aromatic heterocycles. The van der Waals surface area contributed by atoms with Crippen LogP contribution in [0.3, 0.4) is 0 Å². The first-order valence-corrected chi connectivity index (χ1v) is 6.42. The van der Waals surface area contributed by atoms with Crippen LogP contribution in [0.2, 0.25) is 15.1 Å². The lowest BCUT2D eigenvalue weighted by molar-refractivity contribution is 0.288. The second-order valence-corrected chi connectivity index (χ2v) is 4.92. The molecule has 0 atom stereocenters. The number of nitrogens with zero attached hydrogens (tertiary/aromatic N) is 3. The normalized spacial score (nSPS) is 10.9. The monoisotopic (exact) mass is 305 g/mol. The molecule has 18 heavy (non-hydrogen) atoms. The Morgan fingerprint density at radius 1 is 1.11 bits per heavy atom. The lowest BCUT2D eigenvalue weighted by Gasteiger charge is -2.05. The molecule has 0 aliphatic heterocycles. The van der Waals surface area contributed by atoms with Crippen LogP contribution in [0.1, 0.15) is 12.1 Å². The van der Waals surface area contributed by atoms with Crippen LogP contribution in [0, 0.1) is 0 Å². The highest BCUT2D eigenvalue weighted by Crippen LogP contribution is 2.30. The summed E-state index contributed by atoms with van der Waals surface area (Å²) in [7, 11) is 0. The molecule has 1 heterocycles. The first-order valence-electron chi connectivity index (χ1n) is 5.29. The molecule has 0 amide bonds. The van der Waals surface area contributed by atoms with Crippen LogP contribution in [0.25, 0.3) is 5.69 Å². The van der Waals surface area contributed by atoms with Crippen molar-refractivity contribution in [2.24, 2.45) is 0 Å². The molecule has 2 aromatic rings. The summed E-state index contributed by atoms with van der Waals surface area (Å²) in [5, 5.41) is 18.0. The number of aliphatic hydroxyl groups excluding tert-OH is 1. The average molecular weight is 307 g/mol. The molecule has 0 aliphatic carbocycles. The van der Waals surface area contributed by atoms with E-state index in [1.807, 2.05) is 0 Å². The quantitative estimate of drug-likeness (QED) is 0.883. The van der Waals surface area contributed by atoms with Gasteiger partial charge in [0.05, 0.1) is 32.6 Å². The van der Waals surface area contributed by atoms with E-state index in [4.69, 9.17) is 39.9 Å². The third-order valence-electron chi connectivity index (χ3n) is 2.37. The van der Waals surface area contributed by atoms with Crippen LogP contribution < -0.4 is 0 Å². The predicted octanol–water partition coefficient (Wildman–Crippen LogP) is 3.15. The molecular formula is C11H10Cl3N3O. The minimum atomic E-state index is 0.125. The fourth-order valence-corrected chi connectivity index (χ4v) is 2.11. The minimum absolute atomic E-state index is 0.125. The molecule has 2 rings (SSSR count). The van der Waals surface area contributed by atoms with Gasteiger partial charge in [0.15, 0.2) is 0 Å². The largest absolute Gasteiger partial charge is 0.396 e. The summed E-state index contributed by atoms with van der Waals surface area (Å²) in [5.41, 5.74) is 1.40. The summed E-state index contributed by atoms with van der Waals surface area (Å²) in [6.45, 7) is 0.125. The van der Waals surface area contributed by atoms with Gasteiger partial charge in [-0.05, 0) is 25.0 Å². The van der Waals surface area contributed by atoms with Gasteiger partial charge in [0.1, 0.15) is 0 Å². The second-order valence-electron chi connectivity index (χ2n) is 3.70. The highest BCUT2D eigenvalue weighted by Gasteiger charge is 2.10. The Labute approximate surface area is 119 Å². The summed E-state index contributed by atoms with van der Waals surface area (Å²) in [6.07, 6.45) is 3.06. The SMILES string of the molecule is OCCCc1cn(-c2cc(Cl)c(Cl)cc2Cl)nn1. The van der Waals surface area contributed by atoms with Gasteiger partial charge in [0.2, 0.25) is 0 Å². The molecule has 0 saturated carbocycles. The van der Waals surface area contributed by atoms with Crippen LogP contribution in [0.15, 0.2) is 18.3 Å². The fourth-order valence-electron chi connectivity index (χ4n) is 1.48. The maximum absolute atomic E-state index is 8.75. The zero-order valence-electron chi connectivity index (χ0n) is 9.28. The molecular weight excluding hydrogens is 296 g/mol. The molecule has 0 bridgehead atoms. The van der Waals surface area contributed by atoms with Crippen molar-refractivity contribution in [2.45, 2.75) is 12.8 Å². The number of hydrogen-bond donors (Lipinski definition) is 1. The molecule has 0 saturated heterocycles. The van der Waals surface area contributed by atoms with E-state index in [0.717, 1.165) is 5.69 Å². The third-order valence-corrected chi connectivity index (χ3v) is 3.39. The van der Waals surface area contributed by atoms with Gasteiger partial charge in [-0.15, -0.1) is 5.10 Å². The average Bonchev–Trinajstić information content (AvgIpc) is 2.79. The number of aromatic nitrogens is 3. The standard InChI is InChI=1S/C11H10Cl3N3O/c12-8-4-10(14)11(5-9(8)13)17-6-7(15-16-17)2-1-3-18/h4-6,18H,1-3H2. The van der Waals surface area contributed by atoms with E-state index in [0.29, 0.717) is 33.6 Å². The van der Waals surface area contributed by atoms with E-state index < -0.39 is 0 Å². The Morgan fingerprint density at radius 2 is 1.83 bits per heavy atom. The van der Waals surface area contributed by atoms with Crippen molar-refractivity contribution in [2.75, 3.05) is 6.61 Å². The van der Waals surface area contributed by atoms with E-state index in [9.17, 15) is 0 Å². The number of rotatable bonds is 4. The van der Waals surface area contributed by atoms with E-state index in [1.165, 1.54) is 4.68 Å². The lowest BCUT2D eigenvalue weighted by Crippen LogP contribution is -1.96. The van der Waals surface area contributed by atoms with Gasteiger partial charge in [-0.3, -0.25) is 0 Å². The smallest absolute Gasteiger partial charge is 0.0865 e. The zero-order valence-corrected chi connectivity index (χ0v) is 11.5. The van der Waals surface area contributed by atoms with Crippen molar-refractivity contribution in [3.05, 3.63) is 39.1 Å². The summed E-state index contributed by atoms with van der Waals surface area (Å²) in [4.78, 5) is 0. The van der Waals surface area contributed by atoms with Crippen molar-refractivity contribution in [3.63, 3.8) is 0 Å². The summed E-state index contributed by atoms with van der Waals surface area (Å²) < 4.78 is 1.54. The fraction of sp³-hybridized carbons (Fsp3) is 0.273.